The summed E-state index contributed by atoms with van der Waals surface area (Å²) in [6.07, 6.45) is 5.40. The van der Waals surface area contributed by atoms with E-state index < -0.39 is 0 Å². The monoisotopic (exact) mass is 330 g/mol. The number of benzene rings is 1. The fraction of sp³-hybridized carbons (Fsp3) is 0.333. The first-order chi connectivity index (χ1) is 11.2. The molecule has 1 atom stereocenters. The maximum Gasteiger partial charge on any atom is 0.320 e. The van der Waals surface area contributed by atoms with Crippen LogP contribution < -0.4 is 4.73 Å². The Kier molecular flexibility index (Phi) is 4.82. The first-order valence-electron chi connectivity index (χ1n) is 7.91. The van der Waals surface area contributed by atoms with Gasteiger partial charge in [0.1, 0.15) is 0 Å². The molecule has 23 heavy (non-hydrogen) atoms. The minimum Gasteiger partial charge on any atom is -0.618 e. The molecule has 1 aliphatic heterocycles. The number of hydrogen-bond acceptors (Lipinski definition) is 2. The van der Waals surface area contributed by atoms with Crippen molar-refractivity contribution in [1.29, 1.82) is 0 Å². The van der Waals surface area contributed by atoms with Gasteiger partial charge in [0.25, 0.3) is 5.69 Å². The van der Waals surface area contributed by atoms with E-state index in [1.165, 1.54) is 6.20 Å². The van der Waals surface area contributed by atoms with Crippen LogP contribution in [0.1, 0.15) is 47.8 Å². The average Bonchev–Trinajstić information content (AvgIpc) is 2.81. The standard InChI is InChI=1S/C18H19ClN2O2/c19-15-10-8-14(9-11-15)16-6-2-1-4-12-20(16)18(22)17-7-3-5-13-21(17)23/h3,5,7-11,13,16H,1-2,4,6,12H2. The molecule has 1 aliphatic rings. The summed E-state index contributed by atoms with van der Waals surface area (Å²) in [4.78, 5) is 14.7. The summed E-state index contributed by atoms with van der Waals surface area (Å²) < 4.78 is 0.645. The number of nitrogens with zero attached hydrogens (tertiary/aromatic N) is 2. The van der Waals surface area contributed by atoms with Gasteiger partial charge in [-0.3, -0.25) is 4.79 Å². The lowest BCUT2D eigenvalue weighted by atomic mass is 10.0. The second kappa shape index (κ2) is 7.01. The molecule has 1 aromatic carbocycles. The van der Waals surface area contributed by atoms with Crippen LogP contribution in [-0.2, 0) is 0 Å². The summed E-state index contributed by atoms with van der Waals surface area (Å²) in [6.45, 7) is 0.668. The number of rotatable bonds is 2. The Morgan fingerprint density at radius 2 is 1.91 bits per heavy atom. The first-order valence-corrected chi connectivity index (χ1v) is 8.29. The molecule has 1 unspecified atom stereocenters. The summed E-state index contributed by atoms with van der Waals surface area (Å²) in [5.41, 5.74) is 1.24. The molecule has 120 valence electrons. The molecule has 0 radical (unpaired) electrons. The van der Waals surface area contributed by atoms with Gasteiger partial charge in [-0.15, -0.1) is 0 Å². The van der Waals surface area contributed by atoms with Gasteiger partial charge in [-0.1, -0.05) is 36.6 Å². The van der Waals surface area contributed by atoms with Gasteiger partial charge in [-0.2, -0.15) is 4.73 Å². The van der Waals surface area contributed by atoms with Gasteiger partial charge in [0.05, 0.1) is 6.04 Å². The van der Waals surface area contributed by atoms with E-state index in [0.717, 1.165) is 31.2 Å². The SMILES string of the molecule is O=C(c1cccc[n+]1[O-])N1CCCCCC1c1ccc(Cl)cc1. The molecule has 4 nitrogen and oxygen atoms in total. The molecular formula is C18H19ClN2O2. The Morgan fingerprint density at radius 3 is 2.65 bits per heavy atom. The predicted molar refractivity (Wildman–Crippen MR) is 89.1 cm³/mol. The van der Waals surface area contributed by atoms with Crippen LogP contribution in [0.3, 0.4) is 0 Å². The topological polar surface area (TPSA) is 47.2 Å². The average molecular weight is 331 g/mol. The predicted octanol–water partition coefficient (Wildman–Crippen LogP) is 3.73. The molecule has 0 spiro atoms. The Morgan fingerprint density at radius 1 is 1.13 bits per heavy atom. The highest BCUT2D eigenvalue weighted by atomic mass is 35.5. The zero-order chi connectivity index (χ0) is 16.2. The van der Waals surface area contributed by atoms with Crippen molar-refractivity contribution in [2.75, 3.05) is 6.54 Å². The fourth-order valence-corrected chi connectivity index (χ4v) is 3.25. The van der Waals surface area contributed by atoms with Crippen LogP contribution in [0.5, 0.6) is 0 Å². The number of pyridine rings is 1. The molecule has 0 bridgehead atoms. The number of aromatic nitrogens is 1. The van der Waals surface area contributed by atoms with E-state index in [1.807, 2.05) is 29.2 Å². The summed E-state index contributed by atoms with van der Waals surface area (Å²) in [7, 11) is 0. The molecular weight excluding hydrogens is 312 g/mol. The molecule has 1 saturated heterocycles. The van der Waals surface area contributed by atoms with Gasteiger partial charge in [-0.05, 0) is 36.6 Å². The van der Waals surface area contributed by atoms with Crippen LogP contribution in [0, 0.1) is 5.21 Å². The molecule has 3 rings (SSSR count). The van der Waals surface area contributed by atoms with Crippen LogP contribution in [-0.4, -0.2) is 17.4 Å². The third-order valence-electron chi connectivity index (χ3n) is 4.31. The first kappa shape index (κ1) is 15.8. The Balaban J connectivity index is 1.94. The van der Waals surface area contributed by atoms with Crippen molar-refractivity contribution in [3.63, 3.8) is 0 Å². The van der Waals surface area contributed by atoms with E-state index in [2.05, 4.69) is 0 Å². The quantitative estimate of drug-likeness (QED) is 0.622. The number of likely N-dealkylation sites (tertiary alicyclic amines) is 1. The van der Waals surface area contributed by atoms with Crippen molar-refractivity contribution < 1.29 is 9.52 Å². The van der Waals surface area contributed by atoms with Crippen LogP contribution in [0.2, 0.25) is 5.02 Å². The zero-order valence-corrected chi connectivity index (χ0v) is 13.6. The maximum atomic E-state index is 12.9. The normalized spacial score (nSPS) is 18.5. The molecule has 2 aromatic rings. The second-order valence-corrected chi connectivity index (χ2v) is 6.26. The molecule has 1 amide bonds. The molecule has 2 heterocycles. The van der Waals surface area contributed by atoms with Crippen LogP contribution in [0.15, 0.2) is 48.7 Å². The van der Waals surface area contributed by atoms with E-state index in [-0.39, 0.29) is 17.6 Å². The van der Waals surface area contributed by atoms with Crippen molar-refractivity contribution in [2.24, 2.45) is 0 Å². The zero-order valence-electron chi connectivity index (χ0n) is 12.8. The van der Waals surface area contributed by atoms with Gasteiger partial charge in [0, 0.05) is 23.7 Å². The molecule has 0 saturated carbocycles. The van der Waals surface area contributed by atoms with E-state index >= 15 is 0 Å². The highest BCUT2D eigenvalue weighted by Gasteiger charge is 2.31. The van der Waals surface area contributed by atoms with Gasteiger partial charge < -0.3 is 10.1 Å². The van der Waals surface area contributed by atoms with E-state index in [4.69, 9.17) is 11.6 Å². The molecule has 1 aromatic heterocycles. The number of halogens is 1. The van der Waals surface area contributed by atoms with Crippen molar-refractivity contribution in [2.45, 2.75) is 31.7 Å². The molecule has 0 aliphatic carbocycles. The molecule has 0 N–H and O–H groups in total. The van der Waals surface area contributed by atoms with Crippen molar-refractivity contribution in [3.8, 4) is 0 Å². The van der Waals surface area contributed by atoms with Crippen molar-refractivity contribution in [1.82, 2.24) is 4.90 Å². The second-order valence-electron chi connectivity index (χ2n) is 5.83. The van der Waals surface area contributed by atoms with Crippen molar-refractivity contribution in [3.05, 3.63) is 70.1 Å². The summed E-state index contributed by atoms with van der Waals surface area (Å²) in [6, 6.07) is 12.5. The summed E-state index contributed by atoms with van der Waals surface area (Å²) >= 11 is 5.97. The van der Waals surface area contributed by atoms with Gasteiger partial charge in [0.15, 0.2) is 6.20 Å². The molecule has 1 fully saturated rings. The Bertz CT molecular complexity index is 688. The van der Waals surface area contributed by atoms with Gasteiger partial charge in [0.2, 0.25) is 0 Å². The number of hydrogen-bond donors (Lipinski definition) is 0. The van der Waals surface area contributed by atoms with Gasteiger partial charge in [-0.25, -0.2) is 0 Å². The number of carbonyl (C=O) groups excluding carboxylic acids is 1. The Hall–Kier alpha value is -2.07. The van der Waals surface area contributed by atoms with Gasteiger partial charge >= 0.3 is 5.91 Å². The lowest BCUT2D eigenvalue weighted by molar-refractivity contribution is -0.608. The fourth-order valence-electron chi connectivity index (χ4n) is 3.12. The third kappa shape index (κ3) is 3.48. The number of amides is 1. The van der Waals surface area contributed by atoms with E-state index in [0.29, 0.717) is 16.3 Å². The minimum atomic E-state index is -0.206. The van der Waals surface area contributed by atoms with Crippen LogP contribution in [0.25, 0.3) is 0 Å². The summed E-state index contributed by atoms with van der Waals surface area (Å²) in [5.74, 6) is -0.206. The number of carbonyl (C=O) groups is 1. The summed E-state index contributed by atoms with van der Waals surface area (Å²) in [5, 5.41) is 12.6. The van der Waals surface area contributed by atoms with Crippen LogP contribution >= 0.6 is 11.6 Å². The smallest absolute Gasteiger partial charge is 0.320 e. The minimum absolute atomic E-state index is 0.0116. The van der Waals surface area contributed by atoms with Crippen LogP contribution in [0.4, 0.5) is 0 Å². The third-order valence-corrected chi connectivity index (χ3v) is 4.56. The largest absolute Gasteiger partial charge is 0.618 e. The molecule has 5 heteroatoms. The van der Waals surface area contributed by atoms with E-state index in [1.54, 1.807) is 18.2 Å². The lowest BCUT2D eigenvalue weighted by Gasteiger charge is -2.29. The lowest BCUT2D eigenvalue weighted by Crippen LogP contribution is -2.43. The van der Waals surface area contributed by atoms with Crippen molar-refractivity contribution >= 4 is 17.5 Å². The highest BCUT2D eigenvalue weighted by molar-refractivity contribution is 6.30. The van der Waals surface area contributed by atoms with E-state index in [9.17, 15) is 10.0 Å². The maximum absolute atomic E-state index is 12.9. The highest BCUT2D eigenvalue weighted by Crippen LogP contribution is 2.31. The Labute approximate surface area is 140 Å².